The zero-order chi connectivity index (χ0) is 25.9. The third-order valence-corrected chi connectivity index (χ3v) is 7.39. The fraction of sp³-hybridized carbons (Fsp3) is 0.348. The van der Waals surface area contributed by atoms with E-state index in [1.807, 2.05) is 11.9 Å². The van der Waals surface area contributed by atoms with Crippen molar-refractivity contribution in [2.75, 3.05) is 49.7 Å². The number of hydrogen-bond donors (Lipinski definition) is 2. The molecule has 0 aliphatic carbocycles. The second-order valence-corrected chi connectivity index (χ2v) is 9.90. The Labute approximate surface area is 216 Å². The first-order valence-electron chi connectivity index (χ1n) is 11.6. The van der Waals surface area contributed by atoms with Gasteiger partial charge in [-0.25, -0.2) is 25.4 Å². The number of hydrogen-bond acceptors (Lipinski definition) is 12. The molecule has 37 heavy (non-hydrogen) atoms. The molecule has 0 radical (unpaired) electrons. The molecule has 0 saturated carbocycles. The summed E-state index contributed by atoms with van der Waals surface area (Å²) in [5, 5.41) is 20.0. The summed E-state index contributed by atoms with van der Waals surface area (Å²) in [6.07, 6.45) is 3.42. The van der Waals surface area contributed by atoms with Crippen molar-refractivity contribution >= 4 is 35.1 Å². The number of aromatic nitrogens is 4. The molecule has 1 atom stereocenters. The molecule has 1 amide bonds. The Bertz CT molecular complexity index is 1300. The highest BCUT2D eigenvalue weighted by atomic mass is 32.2. The van der Waals surface area contributed by atoms with Crippen LogP contribution in [0.2, 0.25) is 0 Å². The number of benzene rings is 1. The van der Waals surface area contributed by atoms with Crippen molar-refractivity contribution in [1.82, 2.24) is 25.4 Å². The Morgan fingerprint density at radius 1 is 1.24 bits per heavy atom. The Hall–Kier alpha value is -3.88. The highest BCUT2D eigenvalue weighted by molar-refractivity contribution is 8.00. The molecule has 1 aromatic carbocycles. The van der Waals surface area contributed by atoms with Gasteiger partial charge in [0.1, 0.15) is 5.82 Å². The van der Waals surface area contributed by atoms with Gasteiger partial charge in [-0.2, -0.15) is 0 Å². The molecule has 2 aliphatic heterocycles. The summed E-state index contributed by atoms with van der Waals surface area (Å²) in [5.41, 5.74) is 3.39. The molecule has 13 nitrogen and oxygen atoms in total. The van der Waals surface area contributed by atoms with Gasteiger partial charge in [-0.1, -0.05) is 0 Å². The van der Waals surface area contributed by atoms with E-state index in [1.54, 1.807) is 29.4 Å². The lowest BCUT2D eigenvalue weighted by molar-refractivity contribution is -0.384. The van der Waals surface area contributed by atoms with Gasteiger partial charge in [0, 0.05) is 68.4 Å². The van der Waals surface area contributed by atoms with E-state index >= 15 is 0 Å². The number of fused-ring (bicyclic) bond motifs is 1. The standard InChI is InChI=1S/C23H24N8O5S/c1-29(23-24-11-15(12-25-23)22(32)28-33)13-17-10-18-19(37-17)21(30-6-8-36-9-7-30)27-20(26-18)14-2-4-16(5-3-14)31(34)35/h2-5,11-12,17,33H,6-10,13H2,1H3,(H,28,32). The van der Waals surface area contributed by atoms with Crippen LogP contribution in [0.4, 0.5) is 17.5 Å². The van der Waals surface area contributed by atoms with Crippen LogP contribution >= 0.6 is 11.8 Å². The SMILES string of the molecule is CN(CC1Cc2nc(-c3ccc([N+](=O)[O-])cc3)nc(N3CCOCC3)c2S1)c1ncc(C(=O)NO)cn1. The molecule has 2 aromatic heterocycles. The van der Waals surface area contributed by atoms with Gasteiger partial charge in [-0.3, -0.25) is 20.1 Å². The number of anilines is 2. The quantitative estimate of drug-likeness (QED) is 0.263. The van der Waals surface area contributed by atoms with Crippen molar-refractivity contribution in [1.29, 1.82) is 0 Å². The summed E-state index contributed by atoms with van der Waals surface area (Å²) in [6, 6.07) is 6.27. The molecular formula is C23H24N8O5S. The molecule has 14 heteroatoms. The highest BCUT2D eigenvalue weighted by Gasteiger charge is 2.32. The fourth-order valence-corrected chi connectivity index (χ4v) is 5.62. The van der Waals surface area contributed by atoms with E-state index in [4.69, 9.17) is 19.9 Å². The van der Waals surface area contributed by atoms with E-state index in [0.717, 1.165) is 29.5 Å². The van der Waals surface area contributed by atoms with Crippen molar-refractivity contribution in [3.05, 3.63) is 58.0 Å². The molecule has 0 bridgehead atoms. The Morgan fingerprint density at radius 3 is 2.59 bits per heavy atom. The van der Waals surface area contributed by atoms with Crippen LogP contribution in [0.5, 0.6) is 0 Å². The van der Waals surface area contributed by atoms with Crippen molar-refractivity contribution in [2.24, 2.45) is 0 Å². The zero-order valence-corrected chi connectivity index (χ0v) is 20.7. The van der Waals surface area contributed by atoms with Gasteiger partial charge in [0.05, 0.1) is 34.3 Å². The lowest BCUT2D eigenvalue weighted by atomic mass is 10.1. The molecular weight excluding hydrogens is 500 g/mol. The molecule has 2 aliphatic rings. The first kappa shape index (κ1) is 24.8. The topological polar surface area (TPSA) is 160 Å². The van der Waals surface area contributed by atoms with E-state index in [9.17, 15) is 14.9 Å². The van der Waals surface area contributed by atoms with Gasteiger partial charge < -0.3 is 14.5 Å². The molecule has 3 aromatic rings. The number of nitro benzene ring substituents is 1. The minimum Gasteiger partial charge on any atom is -0.378 e. The van der Waals surface area contributed by atoms with Gasteiger partial charge in [0.15, 0.2) is 5.82 Å². The van der Waals surface area contributed by atoms with E-state index in [0.29, 0.717) is 43.5 Å². The van der Waals surface area contributed by atoms with Crippen LogP contribution in [-0.2, 0) is 11.2 Å². The molecule has 1 fully saturated rings. The molecule has 0 spiro atoms. The molecule has 1 saturated heterocycles. The van der Waals surface area contributed by atoms with Crippen LogP contribution in [0.3, 0.4) is 0 Å². The molecule has 4 heterocycles. The van der Waals surface area contributed by atoms with Crippen LogP contribution in [0.25, 0.3) is 11.4 Å². The number of thioether (sulfide) groups is 1. The third-order valence-electron chi connectivity index (χ3n) is 6.09. The molecule has 192 valence electrons. The van der Waals surface area contributed by atoms with Gasteiger partial charge >= 0.3 is 0 Å². The van der Waals surface area contributed by atoms with Gasteiger partial charge in [0.25, 0.3) is 11.6 Å². The first-order valence-corrected chi connectivity index (χ1v) is 12.4. The number of morpholine rings is 1. The normalized spacial score (nSPS) is 16.8. The molecule has 5 rings (SSSR count). The average Bonchev–Trinajstić information content (AvgIpc) is 3.35. The maximum atomic E-state index is 11.5. The first-order chi connectivity index (χ1) is 17.9. The van der Waals surface area contributed by atoms with Crippen LogP contribution in [0, 0.1) is 10.1 Å². The van der Waals surface area contributed by atoms with Gasteiger partial charge in [-0.05, 0) is 12.1 Å². The predicted molar refractivity (Wildman–Crippen MR) is 135 cm³/mol. The second kappa shape index (κ2) is 10.6. The van der Waals surface area contributed by atoms with Crippen molar-refractivity contribution in [2.45, 2.75) is 16.6 Å². The summed E-state index contributed by atoms with van der Waals surface area (Å²) in [5.74, 6) is 1.17. The lowest BCUT2D eigenvalue weighted by Gasteiger charge is -2.29. The van der Waals surface area contributed by atoms with Crippen LogP contribution in [0.1, 0.15) is 16.1 Å². The van der Waals surface area contributed by atoms with E-state index < -0.39 is 10.8 Å². The average molecular weight is 525 g/mol. The number of carbonyl (C=O) groups is 1. The minimum absolute atomic E-state index is 0.0178. The number of nitrogens with zero attached hydrogens (tertiary/aromatic N) is 7. The number of rotatable bonds is 7. The maximum absolute atomic E-state index is 11.5. The smallest absolute Gasteiger partial charge is 0.277 e. The van der Waals surface area contributed by atoms with E-state index in [1.165, 1.54) is 24.5 Å². The Morgan fingerprint density at radius 2 is 1.95 bits per heavy atom. The number of nitro groups is 1. The minimum atomic E-state index is -0.672. The summed E-state index contributed by atoms with van der Waals surface area (Å²) in [6.45, 7) is 3.29. The fourth-order valence-electron chi connectivity index (χ4n) is 4.21. The Balaban J connectivity index is 1.39. The Kier molecular flexibility index (Phi) is 7.12. The number of ether oxygens (including phenoxy) is 1. The van der Waals surface area contributed by atoms with Crippen molar-refractivity contribution in [3.63, 3.8) is 0 Å². The molecule has 2 N–H and O–H groups in total. The third kappa shape index (κ3) is 5.30. The summed E-state index contributed by atoms with van der Waals surface area (Å²) >= 11 is 1.71. The number of non-ortho nitro benzene ring substituents is 1. The predicted octanol–water partition coefficient (Wildman–Crippen LogP) is 1.95. The van der Waals surface area contributed by atoms with Crippen LogP contribution in [0.15, 0.2) is 41.6 Å². The second-order valence-electron chi connectivity index (χ2n) is 8.59. The lowest BCUT2D eigenvalue weighted by Crippen LogP contribution is -2.37. The number of hydroxylamine groups is 1. The van der Waals surface area contributed by atoms with Crippen molar-refractivity contribution < 1.29 is 19.7 Å². The van der Waals surface area contributed by atoms with E-state index in [-0.39, 0.29) is 16.5 Å². The zero-order valence-electron chi connectivity index (χ0n) is 19.9. The molecule has 1 unspecified atom stereocenters. The largest absolute Gasteiger partial charge is 0.378 e. The number of amides is 1. The summed E-state index contributed by atoms with van der Waals surface area (Å²) in [4.78, 5) is 45.5. The van der Waals surface area contributed by atoms with E-state index in [2.05, 4.69) is 14.9 Å². The van der Waals surface area contributed by atoms with Crippen LogP contribution in [-0.4, -0.2) is 81.1 Å². The summed E-state index contributed by atoms with van der Waals surface area (Å²) in [7, 11) is 1.88. The maximum Gasteiger partial charge on any atom is 0.277 e. The van der Waals surface area contributed by atoms with Crippen LogP contribution < -0.4 is 15.3 Å². The number of nitrogens with one attached hydrogen (secondary N) is 1. The van der Waals surface area contributed by atoms with Gasteiger partial charge in [-0.15, -0.1) is 11.8 Å². The summed E-state index contributed by atoms with van der Waals surface area (Å²) < 4.78 is 5.53. The monoisotopic (exact) mass is 524 g/mol. The highest BCUT2D eigenvalue weighted by Crippen LogP contribution is 2.43. The van der Waals surface area contributed by atoms with Gasteiger partial charge in [0.2, 0.25) is 5.95 Å². The number of carbonyl (C=O) groups excluding carboxylic acids is 1. The van der Waals surface area contributed by atoms with Crippen molar-refractivity contribution in [3.8, 4) is 11.4 Å².